The van der Waals surface area contributed by atoms with Gasteiger partial charge >= 0.3 is 0 Å². The molecule has 0 saturated carbocycles. The molecule has 1 aromatic heterocycles. The molecule has 0 atom stereocenters. The Bertz CT molecular complexity index is 693. The zero-order valence-electron chi connectivity index (χ0n) is 13.2. The zero-order valence-corrected chi connectivity index (χ0v) is 13.2. The third-order valence-electron chi connectivity index (χ3n) is 3.15. The molecule has 0 spiro atoms. The third kappa shape index (κ3) is 4.29. The fraction of sp³-hybridized carbons (Fsp3) is 0.312. The van der Waals surface area contributed by atoms with Gasteiger partial charge < -0.3 is 14.9 Å². The highest BCUT2D eigenvalue weighted by atomic mass is 19.1. The van der Waals surface area contributed by atoms with E-state index in [1.807, 2.05) is 6.92 Å². The standard InChI is InChI=1S/C16H19F2N3O2/c1-10-13(6-7-20-15(10)21-19)22-9-16(2,3)23-14-5-4-11(17)8-12(14)18/h4-8H,9,19H2,1-3H3,(H,20,21). The van der Waals surface area contributed by atoms with Gasteiger partial charge in [0.2, 0.25) is 0 Å². The normalized spacial score (nSPS) is 11.2. The molecule has 0 bridgehead atoms. The van der Waals surface area contributed by atoms with Crippen LogP contribution >= 0.6 is 0 Å². The van der Waals surface area contributed by atoms with Crippen molar-refractivity contribution in [3.05, 3.63) is 47.7 Å². The molecular formula is C16H19F2N3O2. The fourth-order valence-corrected chi connectivity index (χ4v) is 1.96. The summed E-state index contributed by atoms with van der Waals surface area (Å²) < 4.78 is 37.9. The number of benzene rings is 1. The highest BCUT2D eigenvalue weighted by Gasteiger charge is 2.23. The van der Waals surface area contributed by atoms with Crippen molar-refractivity contribution in [2.24, 2.45) is 5.84 Å². The molecule has 0 fully saturated rings. The van der Waals surface area contributed by atoms with Gasteiger partial charge in [-0.15, -0.1) is 0 Å². The number of aromatic nitrogens is 1. The molecule has 0 amide bonds. The minimum Gasteiger partial charge on any atom is -0.489 e. The maximum Gasteiger partial charge on any atom is 0.168 e. The van der Waals surface area contributed by atoms with E-state index in [1.165, 1.54) is 6.07 Å². The molecular weight excluding hydrogens is 304 g/mol. The van der Waals surface area contributed by atoms with E-state index in [2.05, 4.69) is 10.4 Å². The Morgan fingerprint density at radius 2 is 1.96 bits per heavy atom. The molecule has 7 heteroatoms. The van der Waals surface area contributed by atoms with Crippen LogP contribution in [0.4, 0.5) is 14.6 Å². The van der Waals surface area contributed by atoms with Crippen LogP contribution in [-0.2, 0) is 0 Å². The van der Waals surface area contributed by atoms with Crippen LogP contribution in [0, 0.1) is 18.6 Å². The number of rotatable bonds is 6. The minimum absolute atomic E-state index is 0.0317. The summed E-state index contributed by atoms with van der Waals surface area (Å²) >= 11 is 0. The van der Waals surface area contributed by atoms with E-state index in [9.17, 15) is 8.78 Å². The van der Waals surface area contributed by atoms with E-state index in [0.29, 0.717) is 11.6 Å². The lowest BCUT2D eigenvalue weighted by molar-refractivity contribution is 0.0481. The highest BCUT2D eigenvalue weighted by molar-refractivity contribution is 5.49. The Hall–Kier alpha value is -2.41. The van der Waals surface area contributed by atoms with Gasteiger partial charge in [0, 0.05) is 17.8 Å². The van der Waals surface area contributed by atoms with Crippen LogP contribution in [-0.4, -0.2) is 17.2 Å². The predicted molar refractivity (Wildman–Crippen MR) is 83.3 cm³/mol. The first-order valence-corrected chi connectivity index (χ1v) is 7.01. The van der Waals surface area contributed by atoms with Crippen LogP contribution in [0.15, 0.2) is 30.5 Å². The van der Waals surface area contributed by atoms with Crippen molar-refractivity contribution in [2.75, 3.05) is 12.0 Å². The van der Waals surface area contributed by atoms with E-state index >= 15 is 0 Å². The molecule has 23 heavy (non-hydrogen) atoms. The second kappa shape index (κ2) is 6.78. The molecule has 0 aliphatic rings. The number of hydrogen-bond acceptors (Lipinski definition) is 5. The fourth-order valence-electron chi connectivity index (χ4n) is 1.96. The molecule has 3 N–H and O–H groups in total. The molecule has 0 aliphatic heterocycles. The second-order valence-corrected chi connectivity index (χ2v) is 5.65. The number of pyridine rings is 1. The monoisotopic (exact) mass is 323 g/mol. The third-order valence-corrected chi connectivity index (χ3v) is 3.15. The van der Waals surface area contributed by atoms with E-state index in [4.69, 9.17) is 15.3 Å². The average molecular weight is 323 g/mol. The number of hydrogen-bond donors (Lipinski definition) is 2. The predicted octanol–water partition coefficient (Wildman–Crippen LogP) is 3.19. The number of ether oxygens (including phenoxy) is 2. The smallest absolute Gasteiger partial charge is 0.168 e. The minimum atomic E-state index is -0.829. The summed E-state index contributed by atoms with van der Waals surface area (Å²) in [5, 5.41) is 0. The van der Waals surface area contributed by atoms with Crippen LogP contribution in [0.5, 0.6) is 11.5 Å². The Balaban J connectivity index is 2.07. The summed E-state index contributed by atoms with van der Waals surface area (Å²) in [7, 11) is 0. The van der Waals surface area contributed by atoms with Gasteiger partial charge in [0.05, 0.1) is 0 Å². The lowest BCUT2D eigenvalue weighted by Gasteiger charge is -2.27. The van der Waals surface area contributed by atoms with Crippen LogP contribution in [0.25, 0.3) is 0 Å². The second-order valence-electron chi connectivity index (χ2n) is 5.65. The van der Waals surface area contributed by atoms with Crippen LogP contribution in [0.3, 0.4) is 0 Å². The van der Waals surface area contributed by atoms with Crippen LogP contribution in [0.1, 0.15) is 19.4 Å². The van der Waals surface area contributed by atoms with Gasteiger partial charge in [-0.2, -0.15) is 0 Å². The van der Waals surface area contributed by atoms with Crippen molar-refractivity contribution in [3.63, 3.8) is 0 Å². The number of hydrazine groups is 1. The Kier molecular flexibility index (Phi) is 5.00. The number of halogens is 2. The molecule has 0 unspecified atom stereocenters. The van der Waals surface area contributed by atoms with E-state index in [0.717, 1.165) is 17.7 Å². The average Bonchev–Trinajstić information content (AvgIpc) is 2.49. The van der Waals surface area contributed by atoms with Crippen LogP contribution < -0.4 is 20.7 Å². The van der Waals surface area contributed by atoms with Gasteiger partial charge in [-0.05, 0) is 39.0 Å². The Labute approximate surface area is 133 Å². The van der Waals surface area contributed by atoms with Gasteiger partial charge in [0.25, 0.3) is 0 Å². The summed E-state index contributed by atoms with van der Waals surface area (Å²) in [6.07, 6.45) is 1.56. The summed E-state index contributed by atoms with van der Waals surface area (Å²) in [5.41, 5.74) is 2.40. The van der Waals surface area contributed by atoms with Crippen molar-refractivity contribution in [1.29, 1.82) is 0 Å². The molecule has 1 aromatic carbocycles. The zero-order chi connectivity index (χ0) is 17.0. The lowest BCUT2D eigenvalue weighted by Crippen LogP contribution is -2.36. The first kappa shape index (κ1) is 17.0. The van der Waals surface area contributed by atoms with Gasteiger partial charge in [-0.25, -0.2) is 19.6 Å². The highest BCUT2D eigenvalue weighted by Crippen LogP contribution is 2.26. The quantitative estimate of drug-likeness (QED) is 0.631. The Morgan fingerprint density at radius 1 is 1.22 bits per heavy atom. The Morgan fingerprint density at radius 3 is 2.61 bits per heavy atom. The molecule has 0 saturated heterocycles. The van der Waals surface area contributed by atoms with E-state index in [-0.39, 0.29) is 12.4 Å². The van der Waals surface area contributed by atoms with Crippen LogP contribution in [0.2, 0.25) is 0 Å². The first-order valence-electron chi connectivity index (χ1n) is 7.01. The van der Waals surface area contributed by atoms with Crippen molar-refractivity contribution < 1.29 is 18.3 Å². The van der Waals surface area contributed by atoms with Gasteiger partial charge in [0.1, 0.15) is 29.6 Å². The van der Waals surface area contributed by atoms with Crippen molar-refractivity contribution in [1.82, 2.24) is 4.98 Å². The number of nitrogens with two attached hydrogens (primary N) is 1. The van der Waals surface area contributed by atoms with Gasteiger partial charge in [0.15, 0.2) is 11.6 Å². The number of nitrogens with one attached hydrogen (secondary N) is 1. The SMILES string of the molecule is Cc1c(OCC(C)(C)Oc2ccc(F)cc2F)ccnc1NN. The molecule has 0 aliphatic carbocycles. The first-order chi connectivity index (χ1) is 10.8. The maximum absolute atomic E-state index is 13.7. The van der Waals surface area contributed by atoms with Gasteiger partial charge in [-0.1, -0.05) is 0 Å². The summed E-state index contributed by atoms with van der Waals surface area (Å²) in [6.45, 7) is 5.45. The van der Waals surface area contributed by atoms with Crippen molar-refractivity contribution in [2.45, 2.75) is 26.4 Å². The molecule has 2 aromatic rings. The summed E-state index contributed by atoms with van der Waals surface area (Å²) in [5.74, 6) is 5.02. The number of anilines is 1. The number of nitrogen functional groups attached to an aromatic ring is 1. The largest absolute Gasteiger partial charge is 0.489 e. The van der Waals surface area contributed by atoms with Crippen molar-refractivity contribution >= 4 is 5.82 Å². The maximum atomic E-state index is 13.7. The van der Waals surface area contributed by atoms with Crippen molar-refractivity contribution in [3.8, 4) is 11.5 Å². The van der Waals surface area contributed by atoms with E-state index in [1.54, 1.807) is 26.1 Å². The molecule has 5 nitrogen and oxygen atoms in total. The molecule has 124 valence electrons. The number of nitrogens with zero attached hydrogens (tertiary/aromatic N) is 1. The molecule has 0 radical (unpaired) electrons. The lowest BCUT2D eigenvalue weighted by atomic mass is 10.1. The topological polar surface area (TPSA) is 69.4 Å². The van der Waals surface area contributed by atoms with Gasteiger partial charge in [-0.3, -0.25) is 0 Å². The molecule has 2 rings (SSSR count). The van der Waals surface area contributed by atoms with E-state index < -0.39 is 17.2 Å². The summed E-state index contributed by atoms with van der Waals surface area (Å²) in [6, 6.07) is 4.87. The molecule has 1 heterocycles. The summed E-state index contributed by atoms with van der Waals surface area (Å²) in [4.78, 5) is 4.06.